The lowest BCUT2D eigenvalue weighted by Crippen LogP contribution is -2.24. The SMILES string of the molecule is COc1ccccc1NC(=O)Cn1nc(C)c(S(=O)(=O)N(C)C)c1C. The first kappa shape index (κ1) is 18.9. The predicted molar refractivity (Wildman–Crippen MR) is 94.2 cm³/mol. The van der Waals surface area contributed by atoms with Crippen molar-refractivity contribution in [3.8, 4) is 5.75 Å². The van der Waals surface area contributed by atoms with Crippen molar-refractivity contribution in [2.75, 3.05) is 26.5 Å². The van der Waals surface area contributed by atoms with Crippen LogP contribution in [-0.4, -0.2) is 49.6 Å². The lowest BCUT2D eigenvalue weighted by molar-refractivity contribution is -0.117. The first-order valence-electron chi connectivity index (χ1n) is 7.58. The molecule has 25 heavy (non-hydrogen) atoms. The maximum Gasteiger partial charge on any atom is 0.246 e. The van der Waals surface area contributed by atoms with Crippen LogP contribution in [0.5, 0.6) is 5.75 Å². The van der Waals surface area contributed by atoms with E-state index in [0.717, 1.165) is 4.31 Å². The van der Waals surface area contributed by atoms with Crippen molar-refractivity contribution < 1.29 is 17.9 Å². The second-order valence-electron chi connectivity index (χ2n) is 5.69. The zero-order chi connectivity index (χ0) is 18.8. The highest BCUT2D eigenvalue weighted by Crippen LogP contribution is 2.24. The molecule has 0 fully saturated rings. The fourth-order valence-corrected chi connectivity index (χ4v) is 3.72. The van der Waals surface area contributed by atoms with Gasteiger partial charge in [0, 0.05) is 14.1 Å². The zero-order valence-electron chi connectivity index (χ0n) is 14.9. The minimum absolute atomic E-state index is 0.104. The molecule has 136 valence electrons. The van der Waals surface area contributed by atoms with Crippen molar-refractivity contribution in [1.29, 1.82) is 0 Å². The van der Waals surface area contributed by atoms with Crippen LogP contribution < -0.4 is 10.1 Å². The summed E-state index contributed by atoms with van der Waals surface area (Å²) < 4.78 is 32.5. The molecular weight excluding hydrogens is 344 g/mol. The van der Waals surface area contributed by atoms with Crippen LogP contribution in [0.15, 0.2) is 29.2 Å². The van der Waals surface area contributed by atoms with Crippen molar-refractivity contribution in [2.24, 2.45) is 0 Å². The molecule has 0 radical (unpaired) electrons. The fraction of sp³-hybridized carbons (Fsp3) is 0.375. The number of sulfonamides is 1. The number of carbonyl (C=O) groups is 1. The summed E-state index contributed by atoms with van der Waals surface area (Å²) in [6.07, 6.45) is 0. The topological polar surface area (TPSA) is 93.5 Å². The van der Waals surface area contributed by atoms with Crippen molar-refractivity contribution in [3.63, 3.8) is 0 Å². The Balaban J connectivity index is 2.26. The summed E-state index contributed by atoms with van der Waals surface area (Å²) in [5.41, 5.74) is 1.32. The van der Waals surface area contributed by atoms with Gasteiger partial charge in [0.1, 0.15) is 17.2 Å². The number of methoxy groups -OCH3 is 1. The van der Waals surface area contributed by atoms with Crippen LogP contribution in [0.3, 0.4) is 0 Å². The van der Waals surface area contributed by atoms with Crippen LogP contribution in [-0.2, 0) is 21.4 Å². The number of hydrogen-bond donors (Lipinski definition) is 1. The quantitative estimate of drug-likeness (QED) is 0.834. The van der Waals surface area contributed by atoms with Gasteiger partial charge < -0.3 is 10.1 Å². The van der Waals surface area contributed by atoms with E-state index < -0.39 is 10.0 Å². The van der Waals surface area contributed by atoms with Gasteiger partial charge in [0.05, 0.1) is 24.2 Å². The van der Waals surface area contributed by atoms with Gasteiger partial charge in [0.25, 0.3) is 0 Å². The summed E-state index contributed by atoms with van der Waals surface area (Å²) in [7, 11) is 0.810. The molecule has 1 aromatic carbocycles. The second kappa shape index (κ2) is 7.24. The number of amides is 1. The Morgan fingerprint density at radius 2 is 1.92 bits per heavy atom. The lowest BCUT2D eigenvalue weighted by atomic mass is 10.3. The Bertz CT molecular complexity index is 888. The number of nitrogens with one attached hydrogen (secondary N) is 1. The molecule has 1 amide bonds. The molecule has 1 heterocycles. The maximum atomic E-state index is 12.4. The number of aromatic nitrogens is 2. The van der Waals surface area contributed by atoms with Gasteiger partial charge >= 0.3 is 0 Å². The average Bonchev–Trinajstić information content (AvgIpc) is 2.81. The Morgan fingerprint density at radius 3 is 2.52 bits per heavy atom. The Kier molecular flexibility index (Phi) is 5.48. The molecule has 0 spiro atoms. The third-order valence-corrected chi connectivity index (χ3v) is 5.80. The number of rotatable bonds is 6. The van der Waals surface area contributed by atoms with Gasteiger partial charge in [-0.3, -0.25) is 9.48 Å². The van der Waals surface area contributed by atoms with Gasteiger partial charge in [-0.05, 0) is 26.0 Å². The molecule has 2 aromatic rings. The molecule has 0 bridgehead atoms. The van der Waals surface area contributed by atoms with E-state index in [9.17, 15) is 13.2 Å². The molecule has 1 aromatic heterocycles. The summed E-state index contributed by atoms with van der Waals surface area (Å²) in [6, 6.07) is 7.04. The van der Waals surface area contributed by atoms with Gasteiger partial charge in [-0.25, -0.2) is 12.7 Å². The number of carbonyl (C=O) groups excluding carboxylic acids is 1. The molecule has 0 aliphatic carbocycles. The van der Waals surface area contributed by atoms with Crippen LogP contribution in [0.2, 0.25) is 0 Å². The molecule has 0 aliphatic heterocycles. The van der Waals surface area contributed by atoms with E-state index in [2.05, 4.69) is 10.4 Å². The summed E-state index contributed by atoms with van der Waals surface area (Å²) in [5, 5.41) is 6.94. The number of nitrogens with zero attached hydrogens (tertiary/aromatic N) is 3. The van der Waals surface area contributed by atoms with Gasteiger partial charge in [0.15, 0.2) is 0 Å². The van der Waals surface area contributed by atoms with E-state index in [1.165, 1.54) is 25.9 Å². The molecule has 0 aliphatic rings. The maximum absolute atomic E-state index is 12.4. The van der Waals surface area contributed by atoms with Gasteiger partial charge in [-0.1, -0.05) is 12.1 Å². The largest absolute Gasteiger partial charge is 0.495 e. The monoisotopic (exact) mass is 366 g/mol. The van der Waals surface area contributed by atoms with E-state index in [0.29, 0.717) is 22.8 Å². The second-order valence-corrected chi connectivity index (χ2v) is 7.78. The van der Waals surface area contributed by atoms with E-state index in [1.807, 2.05) is 0 Å². The first-order valence-corrected chi connectivity index (χ1v) is 9.02. The normalized spacial score (nSPS) is 11.6. The van der Waals surface area contributed by atoms with Gasteiger partial charge in [0.2, 0.25) is 15.9 Å². The number of hydrogen-bond acceptors (Lipinski definition) is 5. The van der Waals surface area contributed by atoms with Crippen LogP contribution in [0.25, 0.3) is 0 Å². The molecule has 0 saturated heterocycles. The molecule has 0 unspecified atom stereocenters. The standard InChI is InChI=1S/C16H22N4O4S/c1-11-16(25(22,23)19(3)4)12(2)20(18-11)10-15(21)17-13-8-6-7-9-14(13)24-5/h6-9H,10H2,1-5H3,(H,17,21). The number of anilines is 1. The zero-order valence-corrected chi connectivity index (χ0v) is 15.7. The minimum atomic E-state index is -3.62. The van der Waals surface area contributed by atoms with Gasteiger partial charge in [-0.2, -0.15) is 5.10 Å². The molecule has 8 nitrogen and oxygen atoms in total. The number of benzene rings is 1. The summed E-state index contributed by atoms with van der Waals surface area (Å²) in [6.45, 7) is 3.14. The highest BCUT2D eigenvalue weighted by molar-refractivity contribution is 7.89. The highest BCUT2D eigenvalue weighted by atomic mass is 32.2. The number of aryl methyl sites for hydroxylation is 1. The van der Waals surface area contributed by atoms with Crippen LogP contribution >= 0.6 is 0 Å². The van der Waals surface area contributed by atoms with Crippen molar-refractivity contribution >= 4 is 21.6 Å². The highest BCUT2D eigenvalue weighted by Gasteiger charge is 2.27. The minimum Gasteiger partial charge on any atom is -0.495 e. The molecule has 9 heteroatoms. The average molecular weight is 366 g/mol. The van der Waals surface area contributed by atoms with Crippen molar-refractivity contribution in [1.82, 2.24) is 14.1 Å². The number of ether oxygens (including phenoxy) is 1. The molecule has 0 saturated carbocycles. The van der Waals surface area contributed by atoms with Gasteiger partial charge in [-0.15, -0.1) is 0 Å². The van der Waals surface area contributed by atoms with Crippen molar-refractivity contribution in [3.05, 3.63) is 35.7 Å². The predicted octanol–water partition coefficient (Wildman–Crippen LogP) is 1.40. The Morgan fingerprint density at radius 1 is 1.28 bits per heavy atom. The van der Waals surface area contributed by atoms with E-state index in [4.69, 9.17) is 4.74 Å². The summed E-state index contributed by atoms with van der Waals surface area (Å²) >= 11 is 0. The van der Waals surface area contributed by atoms with Crippen LogP contribution in [0, 0.1) is 13.8 Å². The lowest BCUT2D eigenvalue weighted by Gasteiger charge is -2.12. The molecule has 0 atom stereocenters. The Hall–Kier alpha value is -2.39. The summed E-state index contributed by atoms with van der Waals surface area (Å²) in [5.74, 6) is 0.212. The van der Waals surface area contributed by atoms with Crippen LogP contribution in [0.1, 0.15) is 11.4 Å². The molecule has 1 N–H and O–H groups in total. The van der Waals surface area contributed by atoms with Crippen LogP contribution in [0.4, 0.5) is 5.69 Å². The third kappa shape index (κ3) is 3.83. The van der Waals surface area contributed by atoms with E-state index in [1.54, 1.807) is 38.1 Å². The smallest absolute Gasteiger partial charge is 0.246 e. The first-order chi connectivity index (χ1) is 11.7. The molecular formula is C16H22N4O4S. The van der Waals surface area contributed by atoms with Crippen molar-refractivity contribution in [2.45, 2.75) is 25.3 Å². The van der Waals surface area contributed by atoms with E-state index >= 15 is 0 Å². The Labute approximate surface area is 147 Å². The third-order valence-electron chi connectivity index (χ3n) is 3.73. The number of para-hydroxylation sites is 2. The summed E-state index contributed by atoms with van der Waals surface area (Å²) in [4.78, 5) is 12.4. The molecule has 2 rings (SSSR count). The fourth-order valence-electron chi connectivity index (χ4n) is 2.46. The van der Waals surface area contributed by atoms with E-state index in [-0.39, 0.29) is 17.3 Å².